The Morgan fingerprint density at radius 2 is 1.78 bits per heavy atom. The molecule has 2 N–H and O–H groups in total. The number of unbranched alkanes of at least 4 members (excludes halogenated alkanes) is 1. The molecule has 18 heavy (non-hydrogen) atoms. The van der Waals surface area contributed by atoms with Crippen LogP contribution in [0.1, 0.15) is 52.4 Å². The average molecular weight is 276 g/mol. The van der Waals surface area contributed by atoms with Gasteiger partial charge in [-0.05, 0) is 57.5 Å². The van der Waals surface area contributed by atoms with Crippen LogP contribution in [0.15, 0.2) is 0 Å². The summed E-state index contributed by atoms with van der Waals surface area (Å²) in [5.74, 6) is 0.259. The van der Waals surface area contributed by atoms with Crippen molar-refractivity contribution >= 4 is 10.0 Å². The molecule has 0 bridgehead atoms. The molecular formula is C13H28N2O2S. The fourth-order valence-electron chi connectivity index (χ4n) is 2.42. The Bertz CT molecular complexity index is 329. The molecule has 1 saturated carbocycles. The minimum absolute atomic E-state index is 0.160. The lowest BCUT2D eigenvalue weighted by atomic mass is 9.76. The highest BCUT2D eigenvalue weighted by molar-refractivity contribution is 7.89. The van der Waals surface area contributed by atoms with Gasteiger partial charge in [-0.3, -0.25) is 0 Å². The Hall–Kier alpha value is -0.130. The third-order valence-electron chi connectivity index (χ3n) is 3.78. The lowest BCUT2D eigenvalue weighted by molar-refractivity contribution is 0.218. The highest BCUT2D eigenvalue weighted by Gasteiger charge is 2.28. The Labute approximate surface area is 112 Å². The van der Waals surface area contributed by atoms with Gasteiger partial charge in [-0.2, -0.15) is 0 Å². The van der Waals surface area contributed by atoms with Gasteiger partial charge in [0.1, 0.15) is 0 Å². The van der Waals surface area contributed by atoms with E-state index in [1.54, 1.807) is 0 Å². The van der Waals surface area contributed by atoms with E-state index >= 15 is 0 Å². The van der Waals surface area contributed by atoms with E-state index in [4.69, 9.17) is 0 Å². The molecule has 0 heterocycles. The van der Waals surface area contributed by atoms with Gasteiger partial charge in [0.15, 0.2) is 0 Å². The van der Waals surface area contributed by atoms with E-state index in [9.17, 15) is 8.42 Å². The highest BCUT2D eigenvalue weighted by Crippen LogP contribution is 2.35. The fraction of sp³-hybridized carbons (Fsp3) is 1.00. The smallest absolute Gasteiger partial charge is 0.211 e. The summed E-state index contributed by atoms with van der Waals surface area (Å²) in [5.41, 5.74) is 0.384. The van der Waals surface area contributed by atoms with Crippen LogP contribution >= 0.6 is 0 Å². The Morgan fingerprint density at radius 3 is 2.33 bits per heavy atom. The zero-order chi connectivity index (χ0) is 13.6. The first-order valence-corrected chi connectivity index (χ1v) is 8.64. The molecule has 1 aliphatic rings. The van der Waals surface area contributed by atoms with Crippen LogP contribution in [-0.2, 0) is 10.0 Å². The van der Waals surface area contributed by atoms with Crippen molar-refractivity contribution in [3.8, 4) is 0 Å². The summed E-state index contributed by atoms with van der Waals surface area (Å²) in [6, 6.07) is 0.160. The Balaban J connectivity index is 2.28. The first kappa shape index (κ1) is 15.9. The second-order valence-corrected chi connectivity index (χ2v) is 8.06. The first-order valence-electron chi connectivity index (χ1n) is 6.99. The van der Waals surface area contributed by atoms with E-state index in [0.29, 0.717) is 5.41 Å². The topological polar surface area (TPSA) is 58.2 Å². The quantitative estimate of drug-likeness (QED) is 0.698. The van der Waals surface area contributed by atoms with E-state index in [0.717, 1.165) is 45.1 Å². The molecule has 0 saturated heterocycles. The van der Waals surface area contributed by atoms with E-state index in [1.807, 2.05) is 7.05 Å². The minimum Gasteiger partial charge on any atom is -0.320 e. The van der Waals surface area contributed by atoms with E-state index in [1.165, 1.54) is 0 Å². The molecule has 4 nitrogen and oxygen atoms in total. The number of rotatable bonds is 7. The van der Waals surface area contributed by atoms with Crippen molar-refractivity contribution in [3.63, 3.8) is 0 Å². The van der Waals surface area contributed by atoms with Crippen molar-refractivity contribution in [1.82, 2.24) is 10.0 Å². The van der Waals surface area contributed by atoms with Crippen LogP contribution in [0, 0.1) is 5.41 Å². The zero-order valence-electron chi connectivity index (χ0n) is 12.0. The molecule has 0 unspecified atom stereocenters. The van der Waals surface area contributed by atoms with E-state index in [-0.39, 0.29) is 11.8 Å². The van der Waals surface area contributed by atoms with Gasteiger partial charge in [0, 0.05) is 6.04 Å². The third-order valence-corrected chi connectivity index (χ3v) is 5.29. The number of hydrogen-bond donors (Lipinski definition) is 2. The number of hydrogen-bond acceptors (Lipinski definition) is 3. The number of sulfonamides is 1. The van der Waals surface area contributed by atoms with Gasteiger partial charge in [-0.25, -0.2) is 13.1 Å². The molecule has 0 aromatic carbocycles. The van der Waals surface area contributed by atoms with Gasteiger partial charge in [0.25, 0.3) is 0 Å². The van der Waals surface area contributed by atoms with Gasteiger partial charge in [0.05, 0.1) is 5.75 Å². The molecule has 0 aliphatic heterocycles. The molecule has 5 heteroatoms. The summed E-state index contributed by atoms with van der Waals surface area (Å²) >= 11 is 0. The van der Waals surface area contributed by atoms with Gasteiger partial charge in [0.2, 0.25) is 10.0 Å². The molecule has 0 aromatic rings. The minimum atomic E-state index is -3.08. The van der Waals surface area contributed by atoms with Crippen LogP contribution in [0.5, 0.6) is 0 Å². The highest BCUT2D eigenvalue weighted by atomic mass is 32.2. The van der Waals surface area contributed by atoms with Crippen molar-refractivity contribution in [2.45, 2.75) is 58.4 Å². The Kier molecular flexibility index (Phi) is 6.08. The zero-order valence-corrected chi connectivity index (χ0v) is 12.8. The van der Waals surface area contributed by atoms with Crippen LogP contribution in [0.3, 0.4) is 0 Å². The van der Waals surface area contributed by atoms with Gasteiger partial charge < -0.3 is 5.32 Å². The van der Waals surface area contributed by atoms with Gasteiger partial charge >= 0.3 is 0 Å². The lowest BCUT2D eigenvalue weighted by Crippen LogP contribution is -2.40. The van der Waals surface area contributed by atoms with Crippen LogP contribution < -0.4 is 10.0 Å². The molecule has 1 rings (SSSR count). The normalized spacial score (nSPS) is 21.1. The largest absolute Gasteiger partial charge is 0.320 e. The van der Waals surface area contributed by atoms with Crippen LogP contribution in [0.25, 0.3) is 0 Å². The molecule has 0 spiro atoms. The van der Waals surface area contributed by atoms with Crippen molar-refractivity contribution < 1.29 is 8.42 Å². The van der Waals surface area contributed by atoms with Gasteiger partial charge in [-0.1, -0.05) is 13.8 Å². The van der Waals surface area contributed by atoms with Crippen molar-refractivity contribution in [2.24, 2.45) is 5.41 Å². The van der Waals surface area contributed by atoms with Crippen LogP contribution in [0.2, 0.25) is 0 Å². The molecule has 0 aromatic heterocycles. The summed E-state index contributed by atoms with van der Waals surface area (Å²) in [6.45, 7) is 5.40. The van der Waals surface area contributed by atoms with Crippen molar-refractivity contribution in [3.05, 3.63) is 0 Å². The second-order valence-electron chi connectivity index (χ2n) is 6.19. The van der Waals surface area contributed by atoms with E-state index < -0.39 is 10.0 Å². The van der Waals surface area contributed by atoms with Gasteiger partial charge in [-0.15, -0.1) is 0 Å². The number of nitrogens with one attached hydrogen (secondary N) is 2. The molecule has 1 aliphatic carbocycles. The van der Waals surface area contributed by atoms with Crippen LogP contribution in [0.4, 0.5) is 0 Å². The Morgan fingerprint density at radius 1 is 1.17 bits per heavy atom. The maximum absolute atomic E-state index is 11.9. The molecule has 0 radical (unpaired) electrons. The third kappa shape index (κ3) is 6.16. The maximum atomic E-state index is 11.9. The standard InChI is InChI=1S/C13H28N2O2S/c1-13(2)8-6-12(7-9-13)15-18(16,17)11-5-4-10-14-3/h12,14-15H,4-11H2,1-3H3. The second kappa shape index (κ2) is 6.87. The molecule has 1 fully saturated rings. The average Bonchev–Trinajstić information content (AvgIpc) is 2.27. The monoisotopic (exact) mass is 276 g/mol. The van der Waals surface area contributed by atoms with E-state index in [2.05, 4.69) is 23.9 Å². The summed E-state index contributed by atoms with van der Waals surface area (Å²) in [7, 11) is -1.19. The molecular weight excluding hydrogens is 248 g/mol. The summed E-state index contributed by atoms with van der Waals surface area (Å²) in [4.78, 5) is 0. The molecule has 108 valence electrons. The molecule has 0 amide bonds. The lowest BCUT2D eigenvalue weighted by Gasteiger charge is -2.34. The molecule has 0 atom stereocenters. The summed E-state index contributed by atoms with van der Waals surface area (Å²) in [6.07, 6.45) is 5.81. The van der Waals surface area contributed by atoms with Crippen molar-refractivity contribution in [2.75, 3.05) is 19.3 Å². The van der Waals surface area contributed by atoms with Crippen LogP contribution in [-0.4, -0.2) is 33.8 Å². The van der Waals surface area contributed by atoms with Crippen molar-refractivity contribution in [1.29, 1.82) is 0 Å². The summed E-state index contributed by atoms with van der Waals surface area (Å²) < 4.78 is 26.6. The maximum Gasteiger partial charge on any atom is 0.211 e. The predicted molar refractivity (Wildman–Crippen MR) is 76.1 cm³/mol. The summed E-state index contributed by atoms with van der Waals surface area (Å²) in [5, 5.41) is 3.03. The predicted octanol–water partition coefficient (Wildman–Crippen LogP) is 1.87. The fourth-order valence-corrected chi connectivity index (χ4v) is 3.87. The first-order chi connectivity index (χ1) is 8.35. The SMILES string of the molecule is CNCCCCS(=O)(=O)NC1CCC(C)(C)CC1.